The zero-order chi connectivity index (χ0) is 15.8. The molecule has 0 atom stereocenters. The van der Waals surface area contributed by atoms with Crippen LogP contribution in [0.25, 0.3) is 10.6 Å². The highest BCUT2D eigenvalue weighted by molar-refractivity contribution is 7.13. The Bertz CT molecular complexity index is 556. The third-order valence-electron chi connectivity index (χ3n) is 3.47. The molecule has 0 fully saturated rings. The third kappa shape index (κ3) is 6.29. The molecule has 0 amide bonds. The van der Waals surface area contributed by atoms with Gasteiger partial charge in [-0.25, -0.2) is 4.98 Å². The molecular weight excluding hydrogens is 308 g/mol. The van der Waals surface area contributed by atoms with Crippen LogP contribution in [-0.4, -0.2) is 25.3 Å². The van der Waals surface area contributed by atoms with Crippen LogP contribution in [0.15, 0.2) is 29.8 Å². The number of aromatic nitrogens is 1. The van der Waals surface area contributed by atoms with Crippen LogP contribution in [0.3, 0.4) is 0 Å². The lowest BCUT2D eigenvalue weighted by molar-refractivity contribution is 0.172. The largest absolute Gasteiger partial charge is 0.493 e. The van der Waals surface area contributed by atoms with Crippen LogP contribution in [0.2, 0.25) is 0 Å². The van der Waals surface area contributed by atoms with Crippen molar-refractivity contribution in [2.24, 2.45) is 5.92 Å². The standard InChI is InChI=1S/C18H25NO2S.H3N/c1-14(2)5-6-15-7-8-16(18-19-9-12-22-18)17(13-15)21-11-4-10-20-3;/h7-9,12-14H,4-6,10-11H2,1-3H3;1H3. The second-order valence-corrected chi connectivity index (χ2v) is 6.69. The topological polar surface area (TPSA) is 66.3 Å². The number of hydrogen-bond donors (Lipinski definition) is 1. The summed E-state index contributed by atoms with van der Waals surface area (Å²) in [5, 5.41) is 3.01. The van der Waals surface area contributed by atoms with Crippen molar-refractivity contribution in [1.82, 2.24) is 11.1 Å². The molecule has 128 valence electrons. The van der Waals surface area contributed by atoms with Crippen molar-refractivity contribution in [2.75, 3.05) is 20.3 Å². The maximum absolute atomic E-state index is 6.00. The lowest BCUT2D eigenvalue weighted by Crippen LogP contribution is -2.03. The Morgan fingerprint density at radius 3 is 2.70 bits per heavy atom. The van der Waals surface area contributed by atoms with E-state index in [9.17, 15) is 0 Å². The average molecular weight is 337 g/mol. The van der Waals surface area contributed by atoms with E-state index in [2.05, 4.69) is 37.0 Å². The molecule has 4 nitrogen and oxygen atoms in total. The van der Waals surface area contributed by atoms with Gasteiger partial charge in [-0.2, -0.15) is 0 Å². The highest BCUT2D eigenvalue weighted by Crippen LogP contribution is 2.33. The van der Waals surface area contributed by atoms with Crippen molar-refractivity contribution in [2.45, 2.75) is 33.1 Å². The van der Waals surface area contributed by atoms with E-state index < -0.39 is 0 Å². The van der Waals surface area contributed by atoms with E-state index in [1.54, 1.807) is 18.4 Å². The van der Waals surface area contributed by atoms with Crippen molar-refractivity contribution in [3.63, 3.8) is 0 Å². The summed E-state index contributed by atoms with van der Waals surface area (Å²) >= 11 is 1.64. The molecule has 2 aromatic rings. The maximum atomic E-state index is 6.00. The predicted molar refractivity (Wildman–Crippen MR) is 97.7 cm³/mol. The van der Waals surface area contributed by atoms with Crippen molar-refractivity contribution in [1.29, 1.82) is 0 Å². The van der Waals surface area contributed by atoms with Gasteiger partial charge in [0.2, 0.25) is 0 Å². The molecule has 2 rings (SSSR count). The number of ether oxygens (including phenoxy) is 2. The molecule has 23 heavy (non-hydrogen) atoms. The first-order valence-electron chi connectivity index (χ1n) is 7.85. The number of thiazole rings is 1. The molecule has 0 radical (unpaired) electrons. The smallest absolute Gasteiger partial charge is 0.129 e. The Labute approximate surface area is 143 Å². The van der Waals surface area contributed by atoms with Crippen LogP contribution in [0, 0.1) is 5.92 Å². The Balaban J connectivity index is 0.00000264. The quantitative estimate of drug-likeness (QED) is 0.656. The molecule has 3 N–H and O–H groups in total. The van der Waals surface area contributed by atoms with Gasteiger partial charge >= 0.3 is 0 Å². The molecule has 0 aliphatic carbocycles. The molecule has 0 bridgehead atoms. The van der Waals surface area contributed by atoms with Gasteiger partial charge in [0.15, 0.2) is 0 Å². The van der Waals surface area contributed by atoms with Crippen LogP contribution < -0.4 is 10.9 Å². The minimum Gasteiger partial charge on any atom is -0.493 e. The first-order valence-corrected chi connectivity index (χ1v) is 8.73. The van der Waals surface area contributed by atoms with Gasteiger partial charge in [0, 0.05) is 31.7 Å². The van der Waals surface area contributed by atoms with E-state index in [0.29, 0.717) is 12.5 Å². The number of nitrogens with zero attached hydrogens (tertiary/aromatic N) is 1. The zero-order valence-corrected chi connectivity index (χ0v) is 15.2. The summed E-state index contributed by atoms with van der Waals surface area (Å²) in [7, 11) is 1.72. The van der Waals surface area contributed by atoms with Gasteiger partial charge < -0.3 is 15.6 Å². The summed E-state index contributed by atoms with van der Waals surface area (Å²) in [6, 6.07) is 6.51. The van der Waals surface area contributed by atoms with Crippen molar-refractivity contribution >= 4 is 11.3 Å². The fourth-order valence-corrected chi connectivity index (χ4v) is 2.88. The fraction of sp³-hybridized carbons (Fsp3) is 0.500. The van der Waals surface area contributed by atoms with E-state index in [0.717, 1.165) is 35.8 Å². The zero-order valence-electron chi connectivity index (χ0n) is 14.4. The van der Waals surface area contributed by atoms with Crippen LogP contribution in [-0.2, 0) is 11.2 Å². The van der Waals surface area contributed by atoms with Gasteiger partial charge in [-0.05, 0) is 36.5 Å². The van der Waals surface area contributed by atoms with Crippen LogP contribution >= 0.6 is 11.3 Å². The molecule has 0 aliphatic heterocycles. The number of methoxy groups -OCH3 is 1. The fourth-order valence-electron chi connectivity index (χ4n) is 2.22. The first-order chi connectivity index (χ1) is 10.7. The van der Waals surface area contributed by atoms with Crippen molar-refractivity contribution in [3.8, 4) is 16.3 Å². The number of benzene rings is 1. The normalized spacial score (nSPS) is 10.6. The summed E-state index contributed by atoms with van der Waals surface area (Å²) in [5.41, 5.74) is 2.41. The molecule has 5 heteroatoms. The van der Waals surface area contributed by atoms with Gasteiger partial charge in [0.25, 0.3) is 0 Å². The first kappa shape index (κ1) is 19.6. The Morgan fingerprint density at radius 2 is 2.04 bits per heavy atom. The Kier molecular flexibility index (Phi) is 8.84. The van der Waals surface area contributed by atoms with Crippen molar-refractivity contribution < 1.29 is 9.47 Å². The monoisotopic (exact) mass is 336 g/mol. The highest BCUT2D eigenvalue weighted by Gasteiger charge is 2.10. The molecule has 0 unspecified atom stereocenters. The Hall–Kier alpha value is -1.43. The lowest BCUT2D eigenvalue weighted by atomic mass is 10.0. The molecule has 0 saturated carbocycles. The molecular formula is C18H28N2O2S. The summed E-state index contributed by atoms with van der Waals surface area (Å²) in [6.07, 6.45) is 5.01. The molecule has 1 aromatic heterocycles. The van der Waals surface area contributed by atoms with Crippen LogP contribution in [0.5, 0.6) is 5.75 Å². The molecule has 1 heterocycles. The van der Waals surface area contributed by atoms with Gasteiger partial charge in [0.05, 0.1) is 12.2 Å². The van der Waals surface area contributed by atoms with Gasteiger partial charge in [-0.1, -0.05) is 19.9 Å². The minimum atomic E-state index is 0. The summed E-state index contributed by atoms with van der Waals surface area (Å²) in [5.74, 6) is 1.65. The van der Waals surface area contributed by atoms with E-state index in [1.165, 1.54) is 12.0 Å². The summed E-state index contributed by atoms with van der Waals surface area (Å²) in [6.45, 7) is 5.90. The average Bonchev–Trinajstić information content (AvgIpc) is 3.04. The second kappa shape index (κ2) is 10.4. The second-order valence-electron chi connectivity index (χ2n) is 5.80. The summed E-state index contributed by atoms with van der Waals surface area (Å²) in [4.78, 5) is 4.41. The molecule has 1 aromatic carbocycles. The van der Waals surface area contributed by atoms with E-state index >= 15 is 0 Å². The Morgan fingerprint density at radius 1 is 1.22 bits per heavy atom. The van der Waals surface area contributed by atoms with E-state index in [4.69, 9.17) is 9.47 Å². The number of rotatable bonds is 9. The molecule has 0 spiro atoms. The summed E-state index contributed by atoms with van der Waals surface area (Å²) < 4.78 is 11.1. The van der Waals surface area contributed by atoms with E-state index in [1.807, 2.05) is 11.6 Å². The van der Waals surface area contributed by atoms with Crippen molar-refractivity contribution in [3.05, 3.63) is 35.3 Å². The minimum absolute atomic E-state index is 0. The third-order valence-corrected chi connectivity index (χ3v) is 4.28. The van der Waals surface area contributed by atoms with Gasteiger partial charge in [-0.15, -0.1) is 11.3 Å². The molecule has 0 saturated heterocycles. The number of aryl methyl sites for hydroxylation is 1. The number of hydrogen-bond acceptors (Lipinski definition) is 5. The molecule has 0 aliphatic rings. The maximum Gasteiger partial charge on any atom is 0.129 e. The van der Waals surface area contributed by atoms with Gasteiger partial charge in [-0.3, -0.25) is 0 Å². The predicted octanol–water partition coefficient (Wildman–Crippen LogP) is 4.98. The van der Waals surface area contributed by atoms with Crippen LogP contribution in [0.1, 0.15) is 32.3 Å². The lowest BCUT2D eigenvalue weighted by Gasteiger charge is -2.13. The van der Waals surface area contributed by atoms with E-state index in [-0.39, 0.29) is 6.15 Å². The SMILES string of the molecule is COCCCOc1cc(CCC(C)C)ccc1-c1nccs1.N. The highest BCUT2D eigenvalue weighted by atomic mass is 32.1. The van der Waals surface area contributed by atoms with Gasteiger partial charge in [0.1, 0.15) is 10.8 Å². The van der Waals surface area contributed by atoms with Crippen LogP contribution in [0.4, 0.5) is 0 Å².